The molecule has 2 heterocycles. The van der Waals surface area contributed by atoms with Crippen molar-refractivity contribution in [3.8, 4) is 5.75 Å². The summed E-state index contributed by atoms with van der Waals surface area (Å²) >= 11 is 0. The van der Waals surface area contributed by atoms with E-state index in [9.17, 15) is 0 Å². The van der Waals surface area contributed by atoms with Crippen LogP contribution in [0.4, 0.5) is 0 Å². The molecule has 0 aliphatic heterocycles. The summed E-state index contributed by atoms with van der Waals surface area (Å²) in [6, 6.07) is 11.8. The molecule has 0 atom stereocenters. The molecule has 0 bridgehead atoms. The fourth-order valence-electron chi connectivity index (χ4n) is 2.33. The maximum Gasteiger partial charge on any atom is 0.160 e. The molecular weight excluding hydrogens is 252 g/mol. The number of fused-ring (bicyclic) bond motifs is 1. The van der Waals surface area contributed by atoms with Gasteiger partial charge in [-0.2, -0.15) is 0 Å². The first-order valence-electron chi connectivity index (χ1n) is 6.45. The van der Waals surface area contributed by atoms with Crippen LogP contribution in [0.1, 0.15) is 11.4 Å². The van der Waals surface area contributed by atoms with E-state index in [4.69, 9.17) is 10.5 Å². The molecule has 0 unspecified atom stereocenters. The van der Waals surface area contributed by atoms with Crippen molar-refractivity contribution < 1.29 is 4.74 Å². The van der Waals surface area contributed by atoms with Gasteiger partial charge in [-0.3, -0.25) is 0 Å². The number of ether oxygens (including phenoxy) is 1. The van der Waals surface area contributed by atoms with Crippen LogP contribution < -0.4 is 10.5 Å². The minimum atomic E-state index is 0.380. The van der Waals surface area contributed by atoms with E-state index in [2.05, 4.69) is 9.97 Å². The second kappa shape index (κ2) is 5.30. The average Bonchev–Trinajstić information content (AvgIpc) is 2.86. The standard InChI is InChI=1S/C15H16N4O/c1-20-13-7-3-2-5-11(13)10-19-14(9-16)18-12-6-4-8-17-15(12)19/h2-8H,9-10,16H2,1H3. The molecule has 0 spiro atoms. The van der Waals surface area contributed by atoms with E-state index in [1.807, 2.05) is 41.0 Å². The predicted octanol–water partition coefficient (Wildman–Crippen LogP) is 1.95. The van der Waals surface area contributed by atoms with Gasteiger partial charge in [0.25, 0.3) is 0 Å². The highest BCUT2D eigenvalue weighted by Gasteiger charge is 2.12. The molecule has 2 N–H and O–H groups in total. The number of para-hydroxylation sites is 1. The molecule has 0 fully saturated rings. The van der Waals surface area contributed by atoms with Gasteiger partial charge in [-0.1, -0.05) is 18.2 Å². The van der Waals surface area contributed by atoms with Crippen molar-refractivity contribution in [1.29, 1.82) is 0 Å². The number of nitrogens with two attached hydrogens (primary N) is 1. The van der Waals surface area contributed by atoms with Crippen LogP contribution in [-0.4, -0.2) is 21.6 Å². The number of methoxy groups -OCH3 is 1. The SMILES string of the molecule is COc1ccccc1Cn1c(CN)nc2cccnc21. The van der Waals surface area contributed by atoms with Crippen molar-refractivity contribution in [3.63, 3.8) is 0 Å². The van der Waals surface area contributed by atoms with E-state index < -0.39 is 0 Å². The Morgan fingerprint density at radius 2 is 2.05 bits per heavy atom. The topological polar surface area (TPSA) is 66.0 Å². The molecule has 0 saturated carbocycles. The summed E-state index contributed by atoms with van der Waals surface area (Å²) in [5.41, 5.74) is 8.58. The summed E-state index contributed by atoms with van der Waals surface area (Å²) < 4.78 is 7.43. The van der Waals surface area contributed by atoms with Crippen molar-refractivity contribution >= 4 is 11.2 Å². The van der Waals surface area contributed by atoms with Crippen LogP contribution in [0.5, 0.6) is 5.75 Å². The van der Waals surface area contributed by atoms with Crippen molar-refractivity contribution in [1.82, 2.24) is 14.5 Å². The van der Waals surface area contributed by atoms with Crippen molar-refractivity contribution in [2.75, 3.05) is 7.11 Å². The number of rotatable bonds is 4. The normalized spacial score (nSPS) is 10.9. The second-order valence-corrected chi connectivity index (χ2v) is 4.48. The molecule has 0 radical (unpaired) electrons. The molecular formula is C15H16N4O. The van der Waals surface area contributed by atoms with Crippen LogP contribution in [0, 0.1) is 0 Å². The number of hydrogen-bond acceptors (Lipinski definition) is 4. The molecule has 0 saturated heterocycles. The predicted molar refractivity (Wildman–Crippen MR) is 77.5 cm³/mol. The van der Waals surface area contributed by atoms with Gasteiger partial charge in [-0.15, -0.1) is 0 Å². The smallest absolute Gasteiger partial charge is 0.160 e. The third kappa shape index (κ3) is 2.12. The third-order valence-electron chi connectivity index (χ3n) is 3.29. The number of imidazole rings is 1. The van der Waals surface area contributed by atoms with E-state index in [0.717, 1.165) is 28.3 Å². The number of aromatic nitrogens is 3. The molecule has 20 heavy (non-hydrogen) atoms. The van der Waals surface area contributed by atoms with Crippen molar-refractivity contribution in [3.05, 3.63) is 54.0 Å². The van der Waals surface area contributed by atoms with Crippen molar-refractivity contribution in [2.45, 2.75) is 13.1 Å². The fourth-order valence-corrected chi connectivity index (χ4v) is 2.33. The molecule has 0 amide bonds. The van der Waals surface area contributed by atoms with Gasteiger partial charge in [-0.25, -0.2) is 9.97 Å². The molecule has 102 valence electrons. The molecule has 1 aromatic carbocycles. The first kappa shape index (κ1) is 12.6. The largest absolute Gasteiger partial charge is 0.496 e. The van der Waals surface area contributed by atoms with E-state index >= 15 is 0 Å². The lowest BCUT2D eigenvalue weighted by Crippen LogP contribution is -2.10. The first-order valence-corrected chi connectivity index (χ1v) is 6.45. The Bertz CT molecular complexity index is 736. The number of hydrogen-bond donors (Lipinski definition) is 1. The minimum Gasteiger partial charge on any atom is -0.496 e. The molecule has 0 aliphatic rings. The second-order valence-electron chi connectivity index (χ2n) is 4.48. The first-order chi connectivity index (χ1) is 9.83. The van der Waals surface area contributed by atoms with Gasteiger partial charge in [0, 0.05) is 11.8 Å². The summed E-state index contributed by atoms with van der Waals surface area (Å²) in [7, 11) is 1.67. The number of benzene rings is 1. The number of nitrogens with zero attached hydrogens (tertiary/aromatic N) is 3. The van der Waals surface area contributed by atoms with Crippen molar-refractivity contribution in [2.24, 2.45) is 5.73 Å². The maximum absolute atomic E-state index is 5.80. The van der Waals surface area contributed by atoms with Gasteiger partial charge in [0.2, 0.25) is 0 Å². The van der Waals surface area contributed by atoms with Crippen LogP contribution in [-0.2, 0) is 13.1 Å². The van der Waals surface area contributed by atoms with E-state index in [-0.39, 0.29) is 0 Å². The average molecular weight is 268 g/mol. The van der Waals surface area contributed by atoms with Crippen LogP contribution in [0.3, 0.4) is 0 Å². The zero-order valence-electron chi connectivity index (χ0n) is 11.3. The van der Waals surface area contributed by atoms with E-state index in [0.29, 0.717) is 13.1 Å². The molecule has 3 rings (SSSR count). The Morgan fingerprint density at radius 3 is 2.85 bits per heavy atom. The zero-order chi connectivity index (χ0) is 13.9. The van der Waals surface area contributed by atoms with Gasteiger partial charge in [0.1, 0.15) is 17.1 Å². The van der Waals surface area contributed by atoms with Crippen LogP contribution in [0.25, 0.3) is 11.2 Å². The minimum absolute atomic E-state index is 0.380. The van der Waals surface area contributed by atoms with E-state index in [1.165, 1.54) is 0 Å². The van der Waals surface area contributed by atoms with Gasteiger partial charge in [-0.05, 0) is 18.2 Å². The summed E-state index contributed by atoms with van der Waals surface area (Å²) in [5, 5.41) is 0. The lowest BCUT2D eigenvalue weighted by atomic mass is 10.2. The van der Waals surface area contributed by atoms with Crippen LogP contribution in [0.15, 0.2) is 42.6 Å². The monoisotopic (exact) mass is 268 g/mol. The Kier molecular flexibility index (Phi) is 3.35. The highest BCUT2D eigenvalue weighted by Crippen LogP contribution is 2.21. The van der Waals surface area contributed by atoms with Gasteiger partial charge in [0.15, 0.2) is 5.65 Å². The van der Waals surface area contributed by atoms with Gasteiger partial charge >= 0.3 is 0 Å². The zero-order valence-corrected chi connectivity index (χ0v) is 11.3. The highest BCUT2D eigenvalue weighted by molar-refractivity contribution is 5.71. The molecule has 3 aromatic rings. The molecule has 5 heteroatoms. The molecule has 5 nitrogen and oxygen atoms in total. The van der Waals surface area contributed by atoms with Crippen LogP contribution in [0.2, 0.25) is 0 Å². The molecule has 0 aliphatic carbocycles. The lowest BCUT2D eigenvalue weighted by molar-refractivity contribution is 0.408. The Labute approximate surface area is 117 Å². The lowest BCUT2D eigenvalue weighted by Gasteiger charge is -2.11. The highest BCUT2D eigenvalue weighted by atomic mass is 16.5. The summed E-state index contributed by atoms with van der Waals surface area (Å²) in [4.78, 5) is 8.92. The Balaban J connectivity index is 2.10. The summed E-state index contributed by atoms with van der Waals surface area (Å²) in [6.45, 7) is 1.02. The number of pyridine rings is 1. The van der Waals surface area contributed by atoms with Gasteiger partial charge < -0.3 is 15.0 Å². The Morgan fingerprint density at radius 1 is 1.20 bits per heavy atom. The maximum atomic E-state index is 5.80. The summed E-state index contributed by atoms with van der Waals surface area (Å²) in [5.74, 6) is 1.68. The van der Waals surface area contributed by atoms with Crippen LogP contribution >= 0.6 is 0 Å². The third-order valence-corrected chi connectivity index (χ3v) is 3.29. The summed E-state index contributed by atoms with van der Waals surface area (Å²) in [6.07, 6.45) is 1.77. The Hall–Kier alpha value is -2.40. The van der Waals surface area contributed by atoms with Gasteiger partial charge in [0.05, 0.1) is 20.2 Å². The molecule has 2 aromatic heterocycles. The van der Waals surface area contributed by atoms with E-state index in [1.54, 1.807) is 13.3 Å². The fraction of sp³-hybridized carbons (Fsp3) is 0.200. The quantitative estimate of drug-likeness (QED) is 0.785.